The van der Waals surface area contributed by atoms with Crippen LogP contribution in [0.2, 0.25) is 15.1 Å². The first-order chi connectivity index (χ1) is 15.2. The predicted octanol–water partition coefficient (Wildman–Crippen LogP) is 6.46. The highest BCUT2D eigenvalue weighted by atomic mass is 35.5. The lowest BCUT2D eigenvalue weighted by atomic mass is 10.1. The maximum atomic E-state index is 13.3. The second-order valence-electron chi connectivity index (χ2n) is 7.90. The average Bonchev–Trinajstić information content (AvgIpc) is 2.74. The van der Waals surface area contributed by atoms with Crippen LogP contribution in [-0.4, -0.2) is 35.1 Å². The molecule has 1 unspecified atom stereocenters. The zero-order valence-corrected chi connectivity index (χ0v) is 21.6. The molecule has 32 heavy (non-hydrogen) atoms. The maximum absolute atomic E-state index is 13.3. The number of carbonyl (C=O) groups excluding carboxylic acids is 2. The van der Waals surface area contributed by atoms with Crippen molar-refractivity contribution in [3.8, 4) is 0 Å². The van der Waals surface area contributed by atoms with Crippen LogP contribution in [-0.2, 0) is 21.9 Å². The van der Waals surface area contributed by atoms with Crippen LogP contribution in [0.4, 0.5) is 0 Å². The minimum absolute atomic E-state index is 0.125. The smallest absolute Gasteiger partial charge is 0.242 e. The minimum atomic E-state index is -0.589. The van der Waals surface area contributed by atoms with Crippen molar-refractivity contribution in [1.29, 1.82) is 0 Å². The van der Waals surface area contributed by atoms with Gasteiger partial charge in [0.05, 0.1) is 5.75 Å². The number of nitrogens with one attached hydrogen (secondary N) is 1. The van der Waals surface area contributed by atoms with Gasteiger partial charge in [-0.1, -0.05) is 79.8 Å². The molecule has 2 aromatic carbocycles. The van der Waals surface area contributed by atoms with Crippen LogP contribution < -0.4 is 5.32 Å². The number of hydrogen-bond donors (Lipinski definition) is 1. The first-order valence-corrected chi connectivity index (χ1v) is 12.8. The summed E-state index contributed by atoms with van der Waals surface area (Å²) in [5.74, 6) is 0.870. The van der Waals surface area contributed by atoms with E-state index in [-0.39, 0.29) is 24.1 Å². The van der Waals surface area contributed by atoms with E-state index in [1.54, 1.807) is 23.1 Å². The van der Waals surface area contributed by atoms with Crippen molar-refractivity contribution in [3.05, 3.63) is 68.7 Å². The summed E-state index contributed by atoms with van der Waals surface area (Å²) < 4.78 is 0. The molecule has 0 heterocycles. The van der Waals surface area contributed by atoms with E-state index in [9.17, 15) is 9.59 Å². The summed E-state index contributed by atoms with van der Waals surface area (Å²) in [6.07, 6.45) is 0.496. The Morgan fingerprint density at radius 1 is 1.03 bits per heavy atom. The van der Waals surface area contributed by atoms with Crippen LogP contribution in [0.5, 0.6) is 0 Å². The Morgan fingerprint density at radius 2 is 1.75 bits per heavy atom. The van der Waals surface area contributed by atoms with Gasteiger partial charge in [0.2, 0.25) is 11.8 Å². The Bertz CT molecular complexity index is 924. The maximum Gasteiger partial charge on any atom is 0.242 e. The van der Waals surface area contributed by atoms with Gasteiger partial charge in [0.15, 0.2) is 0 Å². The number of benzene rings is 2. The van der Waals surface area contributed by atoms with E-state index in [0.29, 0.717) is 39.7 Å². The van der Waals surface area contributed by atoms with Gasteiger partial charge in [0.25, 0.3) is 0 Å². The molecule has 0 aliphatic carbocycles. The lowest BCUT2D eigenvalue weighted by molar-refractivity contribution is -0.139. The summed E-state index contributed by atoms with van der Waals surface area (Å²) >= 11 is 20.1. The van der Waals surface area contributed by atoms with Gasteiger partial charge in [0, 0.05) is 33.9 Å². The topological polar surface area (TPSA) is 49.4 Å². The molecule has 174 valence electrons. The number of carbonyl (C=O) groups is 2. The fourth-order valence-electron chi connectivity index (χ4n) is 3.12. The number of halogens is 3. The molecular weight excluding hydrogens is 487 g/mol. The lowest BCUT2D eigenvalue weighted by Gasteiger charge is -2.31. The van der Waals surface area contributed by atoms with Gasteiger partial charge in [-0.15, -0.1) is 11.8 Å². The van der Waals surface area contributed by atoms with Crippen molar-refractivity contribution in [2.45, 2.75) is 45.5 Å². The van der Waals surface area contributed by atoms with E-state index in [1.165, 1.54) is 11.8 Å². The summed E-state index contributed by atoms with van der Waals surface area (Å²) in [5, 5.41) is 4.62. The van der Waals surface area contributed by atoms with E-state index < -0.39 is 6.04 Å². The molecule has 2 aromatic rings. The number of nitrogens with zero attached hydrogens (tertiary/aromatic N) is 1. The number of thioether (sulfide) groups is 1. The average molecular weight is 516 g/mol. The van der Waals surface area contributed by atoms with Crippen molar-refractivity contribution in [3.63, 3.8) is 0 Å². The molecule has 0 aliphatic heterocycles. The molecule has 0 radical (unpaired) electrons. The van der Waals surface area contributed by atoms with E-state index in [1.807, 2.05) is 45.0 Å². The third-order valence-corrected chi connectivity index (χ3v) is 6.79. The molecule has 0 aromatic heterocycles. The van der Waals surface area contributed by atoms with Crippen molar-refractivity contribution in [2.75, 3.05) is 12.3 Å². The third-order valence-electron chi connectivity index (χ3n) is 4.87. The standard InChI is InChI=1S/C24H29Cl3N2O2S/c1-4-22(24(31)28-12-16(2)3)29(13-17-9-10-19(25)11-21(17)27)23(30)15-32-14-18-7-5-6-8-20(18)26/h5-11,16,22H,4,12-15H2,1-3H3,(H,28,31). The van der Waals surface area contributed by atoms with Gasteiger partial charge < -0.3 is 10.2 Å². The first kappa shape index (κ1) is 26.8. The highest BCUT2D eigenvalue weighted by Crippen LogP contribution is 2.25. The largest absolute Gasteiger partial charge is 0.354 e. The molecule has 2 amide bonds. The Hall–Kier alpha value is -1.40. The summed E-state index contributed by atoms with van der Waals surface area (Å²) in [5.41, 5.74) is 1.72. The quantitative estimate of drug-likeness (QED) is 0.373. The van der Waals surface area contributed by atoms with Crippen molar-refractivity contribution in [2.24, 2.45) is 5.92 Å². The Labute approximate surface area is 210 Å². The van der Waals surface area contributed by atoms with E-state index in [0.717, 1.165) is 11.1 Å². The van der Waals surface area contributed by atoms with Crippen LogP contribution in [0.15, 0.2) is 42.5 Å². The zero-order valence-electron chi connectivity index (χ0n) is 18.5. The summed E-state index contributed by atoms with van der Waals surface area (Å²) in [6, 6.07) is 12.2. The van der Waals surface area contributed by atoms with Crippen LogP contribution in [0.1, 0.15) is 38.3 Å². The highest BCUT2D eigenvalue weighted by Gasteiger charge is 2.29. The van der Waals surface area contributed by atoms with Crippen LogP contribution in [0.25, 0.3) is 0 Å². The fraction of sp³-hybridized carbons (Fsp3) is 0.417. The second-order valence-corrected chi connectivity index (χ2v) is 10.1. The van der Waals surface area contributed by atoms with Crippen molar-refractivity contribution in [1.82, 2.24) is 10.2 Å². The van der Waals surface area contributed by atoms with Gasteiger partial charge in [0.1, 0.15) is 6.04 Å². The molecule has 1 N–H and O–H groups in total. The molecule has 0 aliphatic rings. The van der Waals surface area contributed by atoms with Crippen LogP contribution >= 0.6 is 46.6 Å². The van der Waals surface area contributed by atoms with Gasteiger partial charge in [-0.3, -0.25) is 9.59 Å². The second kappa shape index (κ2) is 13.3. The Morgan fingerprint density at radius 3 is 2.38 bits per heavy atom. The molecule has 0 spiro atoms. The predicted molar refractivity (Wildman–Crippen MR) is 137 cm³/mol. The van der Waals surface area contributed by atoms with Gasteiger partial charge in [-0.05, 0) is 41.7 Å². The Kier molecular flexibility index (Phi) is 11.2. The molecule has 8 heteroatoms. The van der Waals surface area contributed by atoms with E-state index in [4.69, 9.17) is 34.8 Å². The molecule has 4 nitrogen and oxygen atoms in total. The summed E-state index contributed by atoms with van der Waals surface area (Å²) in [6.45, 7) is 6.75. The summed E-state index contributed by atoms with van der Waals surface area (Å²) in [7, 11) is 0. The van der Waals surface area contributed by atoms with Crippen molar-refractivity contribution >= 4 is 58.4 Å². The van der Waals surface area contributed by atoms with E-state index >= 15 is 0 Å². The molecule has 0 saturated carbocycles. The molecule has 0 bridgehead atoms. The normalized spacial score (nSPS) is 12.0. The first-order valence-electron chi connectivity index (χ1n) is 10.5. The number of hydrogen-bond acceptors (Lipinski definition) is 3. The van der Waals surface area contributed by atoms with Crippen molar-refractivity contribution < 1.29 is 9.59 Å². The highest BCUT2D eigenvalue weighted by molar-refractivity contribution is 7.99. The molecule has 1 atom stereocenters. The molecule has 0 fully saturated rings. The number of rotatable bonds is 11. The van der Waals surface area contributed by atoms with Crippen LogP contribution in [0, 0.1) is 5.92 Å². The zero-order chi connectivity index (χ0) is 23.7. The number of amides is 2. The Balaban J connectivity index is 2.18. The molecule has 2 rings (SSSR count). The monoisotopic (exact) mass is 514 g/mol. The van der Waals surface area contributed by atoms with E-state index in [2.05, 4.69) is 5.32 Å². The van der Waals surface area contributed by atoms with Gasteiger partial charge >= 0.3 is 0 Å². The fourth-order valence-corrected chi connectivity index (χ4v) is 4.79. The molecule has 0 saturated heterocycles. The van der Waals surface area contributed by atoms with Gasteiger partial charge in [-0.25, -0.2) is 0 Å². The minimum Gasteiger partial charge on any atom is -0.354 e. The SMILES string of the molecule is CCC(C(=O)NCC(C)C)N(Cc1ccc(Cl)cc1Cl)C(=O)CSCc1ccccc1Cl. The van der Waals surface area contributed by atoms with Gasteiger partial charge in [-0.2, -0.15) is 0 Å². The van der Waals surface area contributed by atoms with Crippen LogP contribution in [0.3, 0.4) is 0 Å². The molecular formula is C24H29Cl3N2O2S. The third kappa shape index (κ3) is 8.18. The lowest BCUT2D eigenvalue weighted by Crippen LogP contribution is -2.50. The summed E-state index contributed by atoms with van der Waals surface area (Å²) in [4.78, 5) is 27.8.